The molecule has 0 saturated carbocycles. The van der Waals surface area contributed by atoms with Gasteiger partial charge in [-0.1, -0.05) is 30.3 Å². The summed E-state index contributed by atoms with van der Waals surface area (Å²) < 4.78 is 0. The average Bonchev–Trinajstić information content (AvgIpc) is 3.29. The second-order valence-electron chi connectivity index (χ2n) is 6.02. The molecule has 4 aromatic rings. The van der Waals surface area contributed by atoms with Crippen molar-refractivity contribution in [1.29, 1.82) is 0 Å². The molecule has 26 heavy (non-hydrogen) atoms. The van der Waals surface area contributed by atoms with Gasteiger partial charge < -0.3 is 10.1 Å². The third kappa shape index (κ3) is 3.58. The number of benzene rings is 2. The molecule has 0 unspecified atom stereocenters. The Hall–Kier alpha value is -3.18. The molecular formula is C21H16N2O2S. The van der Waals surface area contributed by atoms with Gasteiger partial charge in [-0.2, -0.15) is 11.3 Å². The van der Waals surface area contributed by atoms with Crippen LogP contribution in [0.1, 0.15) is 17.0 Å². The molecule has 0 bridgehead atoms. The van der Waals surface area contributed by atoms with Gasteiger partial charge in [-0.3, -0.25) is 0 Å². The Morgan fingerprint density at radius 1 is 1.12 bits per heavy atom. The topological polar surface area (TPSA) is 66.0 Å². The van der Waals surface area contributed by atoms with Crippen LogP contribution in [0.25, 0.3) is 28.2 Å². The fraction of sp³-hybridized carbons (Fsp3) is 0.0476. The fourth-order valence-corrected chi connectivity index (χ4v) is 3.53. The summed E-state index contributed by atoms with van der Waals surface area (Å²) in [5.41, 5.74) is 6.38. The van der Waals surface area contributed by atoms with E-state index in [0.29, 0.717) is 6.42 Å². The number of nitrogens with one attached hydrogen (secondary N) is 1. The van der Waals surface area contributed by atoms with Crippen molar-refractivity contribution in [2.75, 3.05) is 0 Å². The Morgan fingerprint density at radius 3 is 2.69 bits per heavy atom. The van der Waals surface area contributed by atoms with Crippen LogP contribution in [0.3, 0.4) is 0 Å². The Morgan fingerprint density at radius 2 is 1.96 bits per heavy atom. The van der Waals surface area contributed by atoms with Crippen LogP contribution in [0.15, 0.2) is 65.4 Å². The number of carboxylic acid groups (broad SMARTS) is 1. The maximum atomic E-state index is 10.6. The van der Waals surface area contributed by atoms with Crippen molar-refractivity contribution >= 4 is 34.4 Å². The van der Waals surface area contributed by atoms with Gasteiger partial charge in [0.2, 0.25) is 0 Å². The predicted octanol–water partition coefficient (Wildman–Crippen LogP) is 4.98. The lowest BCUT2D eigenvalue weighted by Gasteiger charge is -1.99. The van der Waals surface area contributed by atoms with Gasteiger partial charge in [0.1, 0.15) is 5.82 Å². The average molecular weight is 360 g/mol. The number of hydrogen-bond acceptors (Lipinski definition) is 3. The highest BCUT2D eigenvalue weighted by Gasteiger charge is 2.06. The van der Waals surface area contributed by atoms with E-state index < -0.39 is 5.97 Å². The number of hydrogen-bond donors (Lipinski definition) is 2. The second kappa shape index (κ2) is 6.98. The first-order chi connectivity index (χ1) is 12.7. The molecule has 4 nitrogen and oxygen atoms in total. The number of fused-ring (bicyclic) bond motifs is 1. The number of aromatic amines is 1. The zero-order valence-electron chi connectivity index (χ0n) is 13.8. The fourth-order valence-electron chi connectivity index (χ4n) is 2.86. The lowest BCUT2D eigenvalue weighted by atomic mass is 10.1. The highest BCUT2D eigenvalue weighted by atomic mass is 32.1. The quantitative estimate of drug-likeness (QED) is 0.493. The summed E-state index contributed by atoms with van der Waals surface area (Å²) in [5.74, 6) is -0.0329. The highest BCUT2D eigenvalue weighted by molar-refractivity contribution is 7.08. The van der Waals surface area contributed by atoms with E-state index in [1.54, 1.807) is 17.4 Å². The molecule has 2 heterocycles. The van der Waals surface area contributed by atoms with Gasteiger partial charge >= 0.3 is 5.97 Å². The van der Waals surface area contributed by atoms with Crippen molar-refractivity contribution in [1.82, 2.24) is 9.97 Å². The minimum absolute atomic E-state index is 0.700. The Labute approximate surface area is 154 Å². The van der Waals surface area contributed by atoms with Crippen LogP contribution in [0.2, 0.25) is 0 Å². The van der Waals surface area contributed by atoms with Crippen LogP contribution in [-0.2, 0) is 11.2 Å². The van der Waals surface area contributed by atoms with Crippen molar-refractivity contribution in [2.24, 2.45) is 0 Å². The maximum Gasteiger partial charge on any atom is 0.328 e. The number of thiophene rings is 1. The molecule has 2 N–H and O–H groups in total. The number of nitrogens with zero attached hydrogens (tertiary/aromatic N) is 1. The molecular weight excluding hydrogens is 344 g/mol. The molecule has 2 aromatic heterocycles. The molecule has 0 fully saturated rings. The number of carboxylic acids is 1. The lowest BCUT2D eigenvalue weighted by molar-refractivity contribution is -0.131. The molecule has 4 rings (SSSR count). The van der Waals surface area contributed by atoms with E-state index in [1.807, 2.05) is 30.3 Å². The van der Waals surface area contributed by atoms with Gasteiger partial charge in [0.25, 0.3) is 0 Å². The number of rotatable bonds is 5. The van der Waals surface area contributed by atoms with E-state index in [-0.39, 0.29) is 0 Å². The van der Waals surface area contributed by atoms with Crippen LogP contribution in [-0.4, -0.2) is 21.0 Å². The summed E-state index contributed by atoms with van der Waals surface area (Å²) in [6.07, 6.45) is 3.42. The van der Waals surface area contributed by atoms with Crippen molar-refractivity contribution in [3.05, 3.63) is 82.3 Å². The SMILES string of the molecule is O=C(O)C=Cc1ccc(Cc2nc3ccc(-c4ccsc4)cc3[nH]2)cc1. The largest absolute Gasteiger partial charge is 0.478 e. The van der Waals surface area contributed by atoms with Gasteiger partial charge in [-0.15, -0.1) is 0 Å². The molecule has 0 spiro atoms. The Balaban J connectivity index is 1.54. The standard InChI is InChI=1S/C21H16N2O2S/c24-21(25)8-5-14-1-3-15(4-2-14)11-20-22-18-7-6-16(12-19(18)23-20)17-9-10-26-13-17/h1-10,12-13H,11H2,(H,22,23)(H,24,25). The second-order valence-corrected chi connectivity index (χ2v) is 6.80. The van der Waals surface area contributed by atoms with Crippen LogP contribution < -0.4 is 0 Å². The molecule has 0 radical (unpaired) electrons. The van der Waals surface area contributed by atoms with Crippen LogP contribution >= 0.6 is 11.3 Å². The minimum atomic E-state index is -0.946. The van der Waals surface area contributed by atoms with Gasteiger partial charge in [0, 0.05) is 12.5 Å². The summed E-state index contributed by atoms with van der Waals surface area (Å²) in [4.78, 5) is 18.6. The number of H-pyrrole nitrogens is 1. The van der Waals surface area contributed by atoms with E-state index in [1.165, 1.54) is 11.1 Å². The Kier molecular flexibility index (Phi) is 4.37. The first-order valence-electron chi connectivity index (χ1n) is 8.18. The lowest BCUT2D eigenvalue weighted by Crippen LogP contribution is -1.91. The summed E-state index contributed by atoms with van der Waals surface area (Å²) >= 11 is 1.69. The molecule has 5 heteroatoms. The smallest absolute Gasteiger partial charge is 0.328 e. The van der Waals surface area contributed by atoms with Gasteiger partial charge in [0.05, 0.1) is 11.0 Å². The summed E-state index contributed by atoms with van der Waals surface area (Å²) in [7, 11) is 0. The molecule has 0 aliphatic carbocycles. The van der Waals surface area contributed by atoms with Crippen molar-refractivity contribution in [3.8, 4) is 11.1 Å². The summed E-state index contributed by atoms with van der Waals surface area (Å²) in [5, 5.41) is 12.9. The minimum Gasteiger partial charge on any atom is -0.478 e. The molecule has 0 aliphatic heterocycles. The first-order valence-corrected chi connectivity index (χ1v) is 9.13. The normalized spacial score (nSPS) is 11.4. The highest BCUT2D eigenvalue weighted by Crippen LogP contribution is 2.25. The predicted molar refractivity (Wildman–Crippen MR) is 105 cm³/mol. The number of aromatic nitrogens is 2. The van der Waals surface area contributed by atoms with E-state index in [4.69, 9.17) is 5.11 Å². The van der Waals surface area contributed by atoms with Crippen LogP contribution in [0.5, 0.6) is 0 Å². The van der Waals surface area contributed by atoms with Crippen LogP contribution in [0.4, 0.5) is 0 Å². The number of carbonyl (C=O) groups is 1. The van der Waals surface area contributed by atoms with Crippen molar-refractivity contribution < 1.29 is 9.90 Å². The number of imidazole rings is 1. The van der Waals surface area contributed by atoms with Crippen LogP contribution in [0, 0.1) is 0 Å². The van der Waals surface area contributed by atoms with Gasteiger partial charge in [-0.05, 0) is 57.3 Å². The maximum absolute atomic E-state index is 10.6. The molecule has 0 aliphatic rings. The van der Waals surface area contributed by atoms with E-state index in [2.05, 4.69) is 38.9 Å². The van der Waals surface area contributed by atoms with Gasteiger partial charge in [0.15, 0.2) is 0 Å². The monoisotopic (exact) mass is 360 g/mol. The molecule has 128 valence electrons. The summed E-state index contributed by atoms with van der Waals surface area (Å²) in [6.45, 7) is 0. The van der Waals surface area contributed by atoms with E-state index >= 15 is 0 Å². The number of aliphatic carboxylic acids is 1. The molecule has 0 atom stereocenters. The zero-order valence-corrected chi connectivity index (χ0v) is 14.7. The molecule has 2 aromatic carbocycles. The van der Waals surface area contributed by atoms with Gasteiger partial charge in [-0.25, -0.2) is 9.78 Å². The van der Waals surface area contributed by atoms with E-state index in [0.717, 1.165) is 34.1 Å². The third-order valence-electron chi connectivity index (χ3n) is 4.16. The molecule has 0 amide bonds. The van der Waals surface area contributed by atoms with E-state index in [9.17, 15) is 4.79 Å². The third-order valence-corrected chi connectivity index (χ3v) is 4.84. The first kappa shape index (κ1) is 16.3. The Bertz CT molecular complexity index is 1080. The van der Waals surface area contributed by atoms with Crippen molar-refractivity contribution in [2.45, 2.75) is 6.42 Å². The zero-order chi connectivity index (χ0) is 17.9. The molecule has 0 saturated heterocycles. The summed E-state index contributed by atoms with van der Waals surface area (Å²) in [6, 6.07) is 16.2. The van der Waals surface area contributed by atoms with Crippen molar-refractivity contribution in [3.63, 3.8) is 0 Å².